The van der Waals surface area contributed by atoms with E-state index in [0.29, 0.717) is 36.3 Å². The summed E-state index contributed by atoms with van der Waals surface area (Å²) < 4.78 is 16.2. The number of hydrogen-bond donors (Lipinski definition) is 1. The summed E-state index contributed by atoms with van der Waals surface area (Å²) in [6.07, 6.45) is -0.841. The van der Waals surface area contributed by atoms with Crippen LogP contribution >= 0.6 is 0 Å². The van der Waals surface area contributed by atoms with Crippen molar-refractivity contribution in [3.8, 4) is 11.5 Å². The van der Waals surface area contributed by atoms with Gasteiger partial charge in [-0.25, -0.2) is 0 Å². The zero-order chi connectivity index (χ0) is 20.1. The molecular weight excluding hydrogens is 358 g/mol. The average Bonchev–Trinajstić information content (AvgIpc) is 2.68. The van der Waals surface area contributed by atoms with Crippen LogP contribution in [-0.4, -0.2) is 31.2 Å². The number of benzene rings is 2. The quantitative estimate of drug-likeness (QED) is 0.770. The van der Waals surface area contributed by atoms with Gasteiger partial charge in [-0.15, -0.1) is 0 Å². The van der Waals surface area contributed by atoms with Crippen molar-refractivity contribution in [1.29, 1.82) is 0 Å². The Morgan fingerprint density at radius 3 is 2.36 bits per heavy atom. The predicted molar refractivity (Wildman–Crippen MR) is 106 cm³/mol. The molecule has 1 aliphatic rings. The second kappa shape index (κ2) is 8.78. The van der Waals surface area contributed by atoms with E-state index in [1.807, 2.05) is 24.3 Å². The number of carbonyl (C=O) groups is 2. The predicted octanol–water partition coefficient (Wildman–Crippen LogP) is 3.69. The fourth-order valence-corrected chi connectivity index (χ4v) is 2.85. The molecule has 2 aromatic carbocycles. The Bertz CT molecular complexity index is 845. The van der Waals surface area contributed by atoms with E-state index in [4.69, 9.17) is 14.2 Å². The fourth-order valence-electron chi connectivity index (χ4n) is 2.85. The summed E-state index contributed by atoms with van der Waals surface area (Å²) >= 11 is 0. The van der Waals surface area contributed by atoms with Crippen molar-refractivity contribution in [3.63, 3.8) is 0 Å². The highest BCUT2D eigenvalue weighted by Gasteiger charge is 2.19. The van der Waals surface area contributed by atoms with E-state index in [1.54, 1.807) is 25.1 Å². The Balaban J connectivity index is 1.52. The monoisotopic (exact) mass is 383 g/mol. The molecule has 1 atom stereocenters. The molecule has 0 saturated heterocycles. The molecule has 148 valence electrons. The van der Waals surface area contributed by atoms with Crippen LogP contribution in [0.25, 0.3) is 0 Å². The molecule has 6 heteroatoms. The molecule has 0 bridgehead atoms. The Labute approximate surface area is 164 Å². The van der Waals surface area contributed by atoms with Crippen LogP contribution in [0.3, 0.4) is 0 Å². The summed E-state index contributed by atoms with van der Waals surface area (Å²) in [5, 5.41) is 2.77. The summed E-state index contributed by atoms with van der Waals surface area (Å²) in [5.41, 5.74) is 2.60. The van der Waals surface area contributed by atoms with Crippen molar-refractivity contribution in [1.82, 2.24) is 0 Å². The fraction of sp³-hybridized carbons (Fsp3) is 0.364. The molecule has 2 aromatic rings. The molecule has 0 aromatic heterocycles. The summed E-state index contributed by atoms with van der Waals surface area (Å²) in [6, 6.07) is 13.0. The van der Waals surface area contributed by atoms with E-state index in [-0.39, 0.29) is 12.3 Å². The molecule has 0 radical (unpaired) electrons. The van der Waals surface area contributed by atoms with Gasteiger partial charge in [-0.05, 0) is 48.2 Å². The van der Waals surface area contributed by atoms with Crippen molar-refractivity contribution >= 4 is 17.6 Å². The summed E-state index contributed by atoms with van der Waals surface area (Å²) in [6.45, 7) is 6.77. The third kappa shape index (κ3) is 5.03. The summed E-state index contributed by atoms with van der Waals surface area (Å²) in [4.78, 5) is 24.5. The number of carbonyl (C=O) groups excluding carboxylic acids is 2. The second-order valence-corrected chi connectivity index (χ2v) is 7.05. The molecule has 3 rings (SSSR count). The van der Waals surface area contributed by atoms with Gasteiger partial charge in [0.2, 0.25) is 0 Å². The Morgan fingerprint density at radius 1 is 1.00 bits per heavy atom. The lowest BCUT2D eigenvalue weighted by Crippen LogP contribution is -2.30. The first-order valence-electron chi connectivity index (χ1n) is 9.41. The largest absolute Gasteiger partial charge is 0.486 e. The van der Waals surface area contributed by atoms with Crippen molar-refractivity contribution in [2.75, 3.05) is 18.5 Å². The van der Waals surface area contributed by atoms with Gasteiger partial charge >= 0.3 is 5.97 Å². The molecule has 0 saturated carbocycles. The number of hydrogen-bond acceptors (Lipinski definition) is 5. The Hall–Kier alpha value is -3.02. The van der Waals surface area contributed by atoms with Gasteiger partial charge in [-0.1, -0.05) is 32.0 Å². The van der Waals surface area contributed by atoms with Gasteiger partial charge < -0.3 is 19.5 Å². The van der Waals surface area contributed by atoms with Crippen LogP contribution in [0.5, 0.6) is 11.5 Å². The maximum Gasteiger partial charge on any atom is 0.311 e. The zero-order valence-electron chi connectivity index (χ0n) is 16.4. The van der Waals surface area contributed by atoms with Crippen LogP contribution in [-0.2, 0) is 20.7 Å². The molecular formula is C22H25NO5. The molecule has 1 N–H and O–H groups in total. The van der Waals surface area contributed by atoms with Crippen molar-refractivity contribution in [2.24, 2.45) is 0 Å². The van der Waals surface area contributed by atoms with Gasteiger partial charge in [-0.3, -0.25) is 9.59 Å². The van der Waals surface area contributed by atoms with E-state index in [9.17, 15) is 9.59 Å². The van der Waals surface area contributed by atoms with E-state index >= 15 is 0 Å². The molecule has 1 amide bonds. The molecule has 0 spiro atoms. The Kier molecular flexibility index (Phi) is 6.19. The third-order valence-corrected chi connectivity index (χ3v) is 4.48. The normalized spacial score (nSPS) is 13.7. The van der Waals surface area contributed by atoms with Gasteiger partial charge in [0.15, 0.2) is 17.6 Å². The molecule has 0 aliphatic carbocycles. The number of anilines is 1. The topological polar surface area (TPSA) is 73.9 Å². The number of fused-ring (bicyclic) bond motifs is 1. The van der Waals surface area contributed by atoms with Crippen LogP contribution in [0.1, 0.15) is 37.8 Å². The average molecular weight is 383 g/mol. The van der Waals surface area contributed by atoms with Crippen molar-refractivity contribution in [3.05, 3.63) is 53.6 Å². The minimum absolute atomic E-state index is 0.0529. The molecule has 28 heavy (non-hydrogen) atoms. The maximum atomic E-state index is 12.3. The first-order valence-corrected chi connectivity index (χ1v) is 9.41. The first kappa shape index (κ1) is 19.7. The Morgan fingerprint density at radius 2 is 1.68 bits per heavy atom. The van der Waals surface area contributed by atoms with E-state index in [2.05, 4.69) is 19.2 Å². The van der Waals surface area contributed by atoms with Crippen LogP contribution in [0.4, 0.5) is 5.69 Å². The van der Waals surface area contributed by atoms with Crippen molar-refractivity contribution in [2.45, 2.75) is 39.2 Å². The lowest BCUT2D eigenvalue weighted by atomic mass is 10.0. The third-order valence-electron chi connectivity index (χ3n) is 4.48. The molecule has 1 aliphatic heterocycles. The summed E-state index contributed by atoms with van der Waals surface area (Å²) in [5.74, 6) is 0.860. The SMILES string of the molecule is CC(OC(=O)Cc1ccc2c(c1)OCCO2)C(=O)Nc1ccc(C(C)C)cc1. The van der Waals surface area contributed by atoms with Gasteiger partial charge in [0, 0.05) is 5.69 Å². The summed E-state index contributed by atoms with van der Waals surface area (Å²) in [7, 11) is 0. The van der Waals surface area contributed by atoms with Gasteiger partial charge in [0.05, 0.1) is 6.42 Å². The number of amides is 1. The zero-order valence-corrected chi connectivity index (χ0v) is 16.4. The van der Waals surface area contributed by atoms with Crippen molar-refractivity contribution < 1.29 is 23.8 Å². The molecule has 1 heterocycles. The number of ether oxygens (including phenoxy) is 3. The van der Waals surface area contributed by atoms with Gasteiger partial charge in [-0.2, -0.15) is 0 Å². The van der Waals surface area contributed by atoms with E-state index in [0.717, 1.165) is 5.56 Å². The first-order chi connectivity index (χ1) is 13.4. The molecule has 6 nitrogen and oxygen atoms in total. The minimum Gasteiger partial charge on any atom is -0.486 e. The maximum absolute atomic E-state index is 12.3. The minimum atomic E-state index is -0.894. The number of esters is 1. The highest BCUT2D eigenvalue weighted by atomic mass is 16.6. The number of rotatable bonds is 6. The van der Waals surface area contributed by atoms with Crippen LogP contribution < -0.4 is 14.8 Å². The standard InChI is InChI=1S/C22H25NO5/c1-14(2)17-5-7-18(8-6-17)23-22(25)15(3)28-21(24)13-16-4-9-19-20(12-16)27-11-10-26-19/h4-9,12,14-15H,10-11,13H2,1-3H3,(H,23,25). The van der Waals surface area contributed by atoms with E-state index < -0.39 is 12.1 Å². The highest BCUT2D eigenvalue weighted by Crippen LogP contribution is 2.31. The highest BCUT2D eigenvalue weighted by molar-refractivity contribution is 5.95. The molecule has 0 fully saturated rings. The van der Waals surface area contributed by atoms with Crippen LogP contribution in [0.15, 0.2) is 42.5 Å². The van der Waals surface area contributed by atoms with Crippen LogP contribution in [0.2, 0.25) is 0 Å². The smallest absolute Gasteiger partial charge is 0.311 e. The van der Waals surface area contributed by atoms with Gasteiger partial charge in [0.1, 0.15) is 13.2 Å². The second-order valence-electron chi connectivity index (χ2n) is 7.05. The molecule has 1 unspecified atom stereocenters. The van der Waals surface area contributed by atoms with Crippen LogP contribution in [0, 0.1) is 0 Å². The van der Waals surface area contributed by atoms with Gasteiger partial charge in [0.25, 0.3) is 5.91 Å². The van der Waals surface area contributed by atoms with E-state index in [1.165, 1.54) is 5.56 Å². The lowest BCUT2D eigenvalue weighted by molar-refractivity contribution is -0.152. The number of nitrogens with one attached hydrogen (secondary N) is 1. The lowest BCUT2D eigenvalue weighted by Gasteiger charge is -2.19.